The van der Waals surface area contributed by atoms with Crippen molar-refractivity contribution in [2.24, 2.45) is 0 Å². The lowest BCUT2D eigenvalue weighted by molar-refractivity contribution is 0.161. The number of benzene rings is 3. The van der Waals surface area contributed by atoms with Gasteiger partial charge in [-0.1, -0.05) is 42.5 Å². The number of nitrogens with zero attached hydrogens (tertiary/aromatic N) is 1. The number of amides is 1. The minimum absolute atomic E-state index is 0.234. The molecule has 1 amide bonds. The molecule has 0 bridgehead atoms. The van der Waals surface area contributed by atoms with Crippen molar-refractivity contribution in [2.75, 3.05) is 13.8 Å². The van der Waals surface area contributed by atoms with Gasteiger partial charge in [-0.3, -0.25) is 0 Å². The van der Waals surface area contributed by atoms with Crippen molar-refractivity contribution in [3.05, 3.63) is 66.2 Å². The average molecular weight is 335 g/mol. The molecular formula is C20H17NO4. The minimum Gasteiger partial charge on any atom is -0.454 e. The largest absolute Gasteiger partial charge is 0.454 e. The summed E-state index contributed by atoms with van der Waals surface area (Å²) in [6, 6.07) is 19.1. The van der Waals surface area contributed by atoms with Gasteiger partial charge in [-0.15, -0.1) is 0 Å². The third kappa shape index (κ3) is 3.08. The molecule has 0 aliphatic carbocycles. The van der Waals surface area contributed by atoms with Gasteiger partial charge in [0.2, 0.25) is 6.79 Å². The Morgan fingerprint density at radius 3 is 2.76 bits per heavy atom. The van der Waals surface area contributed by atoms with Gasteiger partial charge in [0.15, 0.2) is 11.5 Å². The molecule has 0 saturated carbocycles. The van der Waals surface area contributed by atoms with Gasteiger partial charge in [0.25, 0.3) is 0 Å². The number of ether oxygens (including phenoxy) is 3. The third-order valence-corrected chi connectivity index (χ3v) is 4.12. The molecule has 0 fully saturated rings. The summed E-state index contributed by atoms with van der Waals surface area (Å²) in [6.45, 7) is 0.651. The molecular weight excluding hydrogens is 318 g/mol. The maximum Gasteiger partial charge on any atom is 0.415 e. The summed E-state index contributed by atoms with van der Waals surface area (Å²) < 4.78 is 16.3. The summed E-state index contributed by atoms with van der Waals surface area (Å²) in [7, 11) is 1.71. The summed E-state index contributed by atoms with van der Waals surface area (Å²) in [6.07, 6.45) is -0.408. The van der Waals surface area contributed by atoms with Crippen LogP contribution in [-0.2, 0) is 6.54 Å². The van der Waals surface area contributed by atoms with Crippen LogP contribution in [-0.4, -0.2) is 24.8 Å². The highest BCUT2D eigenvalue weighted by atomic mass is 16.7. The van der Waals surface area contributed by atoms with Crippen LogP contribution in [0.15, 0.2) is 60.7 Å². The van der Waals surface area contributed by atoms with E-state index in [0.29, 0.717) is 18.0 Å². The highest BCUT2D eigenvalue weighted by Gasteiger charge is 2.17. The summed E-state index contributed by atoms with van der Waals surface area (Å²) in [4.78, 5) is 14.0. The van der Waals surface area contributed by atoms with E-state index in [2.05, 4.69) is 0 Å². The van der Waals surface area contributed by atoms with Crippen molar-refractivity contribution in [3.63, 3.8) is 0 Å². The fourth-order valence-corrected chi connectivity index (χ4v) is 2.83. The van der Waals surface area contributed by atoms with Crippen LogP contribution in [0.3, 0.4) is 0 Å². The first-order valence-corrected chi connectivity index (χ1v) is 8.00. The first-order valence-electron chi connectivity index (χ1n) is 8.00. The molecule has 5 nitrogen and oxygen atoms in total. The molecule has 126 valence electrons. The number of hydrogen-bond donors (Lipinski definition) is 0. The first-order chi connectivity index (χ1) is 12.2. The molecule has 0 radical (unpaired) electrons. The van der Waals surface area contributed by atoms with Gasteiger partial charge >= 0.3 is 6.09 Å². The van der Waals surface area contributed by atoms with E-state index in [9.17, 15) is 4.79 Å². The Morgan fingerprint density at radius 1 is 1.04 bits per heavy atom. The van der Waals surface area contributed by atoms with E-state index in [0.717, 1.165) is 22.1 Å². The molecule has 1 aliphatic heterocycles. The first kappa shape index (κ1) is 15.3. The minimum atomic E-state index is -0.408. The molecule has 0 aromatic heterocycles. The maximum atomic E-state index is 12.4. The standard InChI is InChI=1S/C20H17NO4/c1-21(12-14-9-10-18-19(11-14)24-13-23-18)20(22)25-17-8-4-6-15-5-2-3-7-16(15)17/h2-11H,12-13H2,1H3. The van der Waals surface area contributed by atoms with Gasteiger partial charge in [0, 0.05) is 19.0 Å². The van der Waals surface area contributed by atoms with Crippen molar-refractivity contribution < 1.29 is 19.0 Å². The number of carbonyl (C=O) groups excluding carboxylic acids is 1. The molecule has 4 rings (SSSR count). The fraction of sp³-hybridized carbons (Fsp3) is 0.150. The normalized spacial score (nSPS) is 12.2. The summed E-state index contributed by atoms with van der Waals surface area (Å²) in [5, 5.41) is 1.95. The number of fused-ring (bicyclic) bond motifs is 2. The van der Waals surface area contributed by atoms with Gasteiger partial charge in [-0.25, -0.2) is 4.79 Å². The van der Waals surface area contributed by atoms with Gasteiger partial charge in [-0.05, 0) is 29.1 Å². The number of rotatable bonds is 3. The van der Waals surface area contributed by atoms with E-state index in [4.69, 9.17) is 14.2 Å². The van der Waals surface area contributed by atoms with E-state index < -0.39 is 6.09 Å². The predicted molar refractivity (Wildman–Crippen MR) is 94.0 cm³/mol. The second kappa shape index (κ2) is 6.36. The van der Waals surface area contributed by atoms with Crippen LogP contribution in [0.4, 0.5) is 4.79 Å². The molecule has 0 saturated heterocycles. The number of carbonyl (C=O) groups is 1. The van der Waals surface area contributed by atoms with Crippen LogP contribution < -0.4 is 14.2 Å². The molecule has 25 heavy (non-hydrogen) atoms. The highest BCUT2D eigenvalue weighted by molar-refractivity contribution is 5.90. The Morgan fingerprint density at radius 2 is 1.84 bits per heavy atom. The lowest BCUT2D eigenvalue weighted by Gasteiger charge is -2.17. The second-order valence-electron chi connectivity index (χ2n) is 5.89. The second-order valence-corrected chi connectivity index (χ2v) is 5.89. The zero-order valence-corrected chi connectivity index (χ0v) is 13.8. The van der Waals surface area contributed by atoms with Crippen LogP contribution in [0, 0.1) is 0 Å². The topological polar surface area (TPSA) is 48.0 Å². The van der Waals surface area contributed by atoms with E-state index in [-0.39, 0.29) is 6.79 Å². The van der Waals surface area contributed by atoms with Crippen LogP contribution in [0.5, 0.6) is 17.2 Å². The average Bonchev–Trinajstić information content (AvgIpc) is 3.10. The van der Waals surface area contributed by atoms with E-state index in [1.165, 1.54) is 4.90 Å². The monoisotopic (exact) mass is 335 g/mol. The van der Waals surface area contributed by atoms with Crippen molar-refractivity contribution >= 4 is 16.9 Å². The Balaban J connectivity index is 1.48. The summed E-state index contributed by atoms with van der Waals surface area (Å²) >= 11 is 0. The quantitative estimate of drug-likeness (QED) is 0.720. The SMILES string of the molecule is CN(Cc1ccc2c(c1)OCO2)C(=O)Oc1cccc2ccccc12. The molecule has 0 N–H and O–H groups in total. The Hall–Kier alpha value is -3.21. The molecule has 0 unspecified atom stereocenters. The molecule has 1 aliphatic rings. The molecule has 5 heteroatoms. The summed E-state index contributed by atoms with van der Waals surface area (Å²) in [5.74, 6) is 1.98. The lowest BCUT2D eigenvalue weighted by atomic mass is 10.1. The molecule has 3 aromatic rings. The van der Waals surface area contributed by atoms with E-state index in [1.807, 2.05) is 54.6 Å². The Kier molecular flexibility index (Phi) is 3.90. The van der Waals surface area contributed by atoms with Crippen LogP contribution in [0.25, 0.3) is 10.8 Å². The van der Waals surface area contributed by atoms with Gasteiger partial charge in [0.05, 0.1) is 0 Å². The lowest BCUT2D eigenvalue weighted by Crippen LogP contribution is -2.29. The van der Waals surface area contributed by atoms with E-state index in [1.54, 1.807) is 13.1 Å². The Bertz CT molecular complexity index is 933. The smallest absolute Gasteiger partial charge is 0.415 e. The highest BCUT2D eigenvalue weighted by Crippen LogP contribution is 2.33. The van der Waals surface area contributed by atoms with E-state index >= 15 is 0 Å². The molecule has 3 aromatic carbocycles. The van der Waals surface area contributed by atoms with Crippen molar-refractivity contribution in [3.8, 4) is 17.2 Å². The zero-order chi connectivity index (χ0) is 17.2. The van der Waals surface area contributed by atoms with Crippen molar-refractivity contribution in [1.29, 1.82) is 0 Å². The number of hydrogen-bond acceptors (Lipinski definition) is 4. The van der Waals surface area contributed by atoms with Gasteiger partial charge < -0.3 is 19.1 Å². The third-order valence-electron chi connectivity index (χ3n) is 4.12. The van der Waals surface area contributed by atoms with Crippen LogP contribution in [0.2, 0.25) is 0 Å². The maximum absolute atomic E-state index is 12.4. The summed E-state index contributed by atoms with van der Waals surface area (Å²) in [5.41, 5.74) is 0.946. The molecule has 0 atom stereocenters. The van der Waals surface area contributed by atoms with Gasteiger partial charge in [0.1, 0.15) is 5.75 Å². The van der Waals surface area contributed by atoms with Crippen molar-refractivity contribution in [2.45, 2.75) is 6.54 Å². The predicted octanol–water partition coefficient (Wildman–Crippen LogP) is 4.20. The fourth-order valence-electron chi connectivity index (χ4n) is 2.83. The Labute approximate surface area is 145 Å². The zero-order valence-electron chi connectivity index (χ0n) is 13.8. The van der Waals surface area contributed by atoms with Crippen LogP contribution in [0.1, 0.15) is 5.56 Å². The molecule has 0 spiro atoms. The van der Waals surface area contributed by atoms with Gasteiger partial charge in [-0.2, -0.15) is 0 Å². The van der Waals surface area contributed by atoms with Crippen molar-refractivity contribution in [1.82, 2.24) is 4.90 Å². The van der Waals surface area contributed by atoms with Crippen LogP contribution >= 0.6 is 0 Å². The molecule has 1 heterocycles.